The second kappa shape index (κ2) is 5.91. The molecule has 0 saturated carbocycles. The van der Waals surface area contributed by atoms with Crippen LogP contribution in [0.15, 0.2) is 11.6 Å². The van der Waals surface area contributed by atoms with Crippen LogP contribution in [0.25, 0.3) is 0 Å². The van der Waals surface area contributed by atoms with Crippen molar-refractivity contribution in [1.29, 1.82) is 0 Å². The van der Waals surface area contributed by atoms with Crippen molar-refractivity contribution < 1.29 is 9.53 Å². The molecule has 0 saturated heterocycles. The van der Waals surface area contributed by atoms with Gasteiger partial charge < -0.3 is 4.74 Å². The van der Waals surface area contributed by atoms with Gasteiger partial charge >= 0.3 is 5.97 Å². The zero-order chi connectivity index (χ0) is 11.3. The summed E-state index contributed by atoms with van der Waals surface area (Å²) in [6, 6.07) is 0. The SMILES string of the molecule is CC(OC(=O)CN(C)C)C1=CCCCC1. The van der Waals surface area contributed by atoms with Crippen molar-refractivity contribution in [3.8, 4) is 0 Å². The van der Waals surface area contributed by atoms with Gasteiger partial charge in [-0.2, -0.15) is 0 Å². The zero-order valence-electron chi connectivity index (χ0n) is 9.95. The Bertz CT molecular complexity index is 246. The van der Waals surface area contributed by atoms with Crippen LogP contribution in [0.3, 0.4) is 0 Å². The summed E-state index contributed by atoms with van der Waals surface area (Å²) in [7, 11) is 3.73. The van der Waals surface area contributed by atoms with Gasteiger partial charge in [0.15, 0.2) is 0 Å². The van der Waals surface area contributed by atoms with Gasteiger partial charge in [-0.3, -0.25) is 9.69 Å². The average Bonchev–Trinajstić information content (AvgIpc) is 2.17. The van der Waals surface area contributed by atoms with Gasteiger partial charge in [-0.15, -0.1) is 0 Å². The van der Waals surface area contributed by atoms with E-state index in [0.29, 0.717) is 6.54 Å². The van der Waals surface area contributed by atoms with Crippen molar-refractivity contribution in [1.82, 2.24) is 4.90 Å². The van der Waals surface area contributed by atoms with E-state index >= 15 is 0 Å². The molecule has 1 aliphatic carbocycles. The highest BCUT2D eigenvalue weighted by molar-refractivity contribution is 5.72. The van der Waals surface area contributed by atoms with Gasteiger partial charge in [-0.05, 0) is 52.3 Å². The maximum Gasteiger partial charge on any atom is 0.320 e. The largest absolute Gasteiger partial charge is 0.457 e. The summed E-state index contributed by atoms with van der Waals surface area (Å²) in [6.07, 6.45) is 6.87. The van der Waals surface area contributed by atoms with E-state index in [0.717, 1.165) is 12.8 Å². The van der Waals surface area contributed by atoms with E-state index in [1.165, 1.54) is 18.4 Å². The van der Waals surface area contributed by atoms with E-state index in [4.69, 9.17) is 4.74 Å². The van der Waals surface area contributed by atoms with Gasteiger partial charge in [0.05, 0.1) is 6.54 Å². The molecule has 0 aliphatic heterocycles. The molecule has 0 aromatic carbocycles. The topological polar surface area (TPSA) is 29.5 Å². The first-order valence-electron chi connectivity index (χ1n) is 5.62. The van der Waals surface area contributed by atoms with Crippen LogP contribution in [0.4, 0.5) is 0 Å². The third kappa shape index (κ3) is 4.47. The number of rotatable bonds is 4. The number of ether oxygens (including phenoxy) is 1. The molecule has 86 valence electrons. The summed E-state index contributed by atoms with van der Waals surface area (Å²) in [5.41, 5.74) is 1.29. The molecular weight excluding hydrogens is 190 g/mol. The Morgan fingerprint density at radius 1 is 1.53 bits per heavy atom. The Labute approximate surface area is 92.1 Å². The van der Waals surface area contributed by atoms with E-state index in [-0.39, 0.29) is 12.1 Å². The number of hydrogen-bond acceptors (Lipinski definition) is 3. The van der Waals surface area contributed by atoms with E-state index in [1.807, 2.05) is 25.9 Å². The van der Waals surface area contributed by atoms with Crippen LogP contribution in [0.1, 0.15) is 32.6 Å². The number of likely N-dealkylation sites (N-methyl/N-ethyl adjacent to an activating group) is 1. The summed E-state index contributed by atoms with van der Waals surface area (Å²) in [5, 5.41) is 0. The normalized spacial score (nSPS) is 18.5. The Hall–Kier alpha value is -0.830. The molecule has 0 aromatic heterocycles. The molecule has 0 bridgehead atoms. The molecule has 0 fully saturated rings. The fraction of sp³-hybridized carbons (Fsp3) is 0.750. The fourth-order valence-corrected chi connectivity index (χ4v) is 1.80. The number of nitrogens with zero attached hydrogens (tertiary/aromatic N) is 1. The third-order valence-electron chi connectivity index (χ3n) is 2.60. The molecule has 1 unspecified atom stereocenters. The minimum absolute atomic E-state index is 0.0438. The molecular formula is C12H21NO2. The van der Waals surface area contributed by atoms with Crippen LogP contribution in [0.2, 0.25) is 0 Å². The van der Waals surface area contributed by atoms with Crippen molar-refractivity contribution in [2.75, 3.05) is 20.6 Å². The quantitative estimate of drug-likeness (QED) is 0.526. The number of allylic oxidation sites excluding steroid dienone is 1. The number of esters is 1. The number of carbonyl (C=O) groups is 1. The summed E-state index contributed by atoms with van der Waals surface area (Å²) >= 11 is 0. The van der Waals surface area contributed by atoms with Crippen molar-refractivity contribution >= 4 is 5.97 Å². The molecule has 0 aromatic rings. The molecule has 1 rings (SSSR count). The second-order valence-electron chi connectivity index (χ2n) is 4.39. The van der Waals surface area contributed by atoms with Crippen molar-refractivity contribution in [3.05, 3.63) is 11.6 Å². The first-order chi connectivity index (χ1) is 7.09. The second-order valence-corrected chi connectivity index (χ2v) is 4.39. The van der Waals surface area contributed by atoms with E-state index < -0.39 is 0 Å². The standard InChI is InChI=1S/C12H21NO2/c1-10(11-7-5-4-6-8-11)15-12(14)9-13(2)3/h7,10H,4-6,8-9H2,1-3H3. The zero-order valence-corrected chi connectivity index (χ0v) is 9.95. The van der Waals surface area contributed by atoms with Crippen molar-refractivity contribution in [3.63, 3.8) is 0 Å². The van der Waals surface area contributed by atoms with Crippen LogP contribution < -0.4 is 0 Å². The fourth-order valence-electron chi connectivity index (χ4n) is 1.80. The van der Waals surface area contributed by atoms with Crippen molar-refractivity contribution in [2.24, 2.45) is 0 Å². The highest BCUT2D eigenvalue weighted by Gasteiger charge is 2.15. The lowest BCUT2D eigenvalue weighted by atomic mass is 9.96. The smallest absolute Gasteiger partial charge is 0.320 e. The van der Waals surface area contributed by atoms with Gasteiger partial charge in [-0.25, -0.2) is 0 Å². The van der Waals surface area contributed by atoms with E-state index in [2.05, 4.69) is 6.08 Å². The molecule has 0 N–H and O–H groups in total. The maximum absolute atomic E-state index is 11.4. The van der Waals surface area contributed by atoms with Gasteiger partial charge in [0.2, 0.25) is 0 Å². The Kier molecular flexibility index (Phi) is 4.82. The summed E-state index contributed by atoms with van der Waals surface area (Å²) in [5.74, 6) is -0.140. The molecule has 15 heavy (non-hydrogen) atoms. The Morgan fingerprint density at radius 3 is 2.80 bits per heavy atom. The lowest BCUT2D eigenvalue weighted by Crippen LogP contribution is -2.27. The maximum atomic E-state index is 11.4. The molecule has 0 radical (unpaired) electrons. The lowest BCUT2D eigenvalue weighted by molar-refractivity contribution is -0.147. The predicted octanol–water partition coefficient (Wildman–Crippen LogP) is 1.98. The Morgan fingerprint density at radius 2 is 2.27 bits per heavy atom. The van der Waals surface area contributed by atoms with Crippen LogP contribution >= 0.6 is 0 Å². The highest BCUT2D eigenvalue weighted by atomic mass is 16.5. The number of hydrogen-bond donors (Lipinski definition) is 0. The van der Waals surface area contributed by atoms with Crippen LogP contribution in [0, 0.1) is 0 Å². The van der Waals surface area contributed by atoms with E-state index in [1.54, 1.807) is 0 Å². The average molecular weight is 211 g/mol. The third-order valence-corrected chi connectivity index (χ3v) is 2.60. The van der Waals surface area contributed by atoms with Crippen LogP contribution in [0.5, 0.6) is 0 Å². The highest BCUT2D eigenvalue weighted by Crippen LogP contribution is 2.21. The summed E-state index contributed by atoms with van der Waals surface area (Å²) in [4.78, 5) is 13.2. The summed E-state index contributed by atoms with van der Waals surface area (Å²) < 4.78 is 5.35. The van der Waals surface area contributed by atoms with Crippen molar-refractivity contribution in [2.45, 2.75) is 38.7 Å². The summed E-state index contributed by atoms with van der Waals surface area (Å²) in [6.45, 7) is 2.32. The monoisotopic (exact) mass is 211 g/mol. The minimum Gasteiger partial charge on any atom is -0.457 e. The molecule has 1 aliphatic rings. The molecule has 3 nitrogen and oxygen atoms in total. The molecule has 0 spiro atoms. The van der Waals surface area contributed by atoms with Gasteiger partial charge in [0.1, 0.15) is 6.10 Å². The van der Waals surface area contributed by atoms with E-state index in [9.17, 15) is 4.79 Å². The van der Waals surface area contributed by atoms with Gasteiger partial charge in [-0.1, -0.05) is 6.08 Å². The van der Waals surface area contributed by atoms with Crippen LogP contribution in [-0.2, 0) is 9.53 Å². The van der Waals surface area contributed by atoms with Gasteiger partial charge in [0.25, 0.3) is 0 Å². The first-order valence-corrected chi connectivity index (χ1v) is 5.62. The molecule has 1 atom stereocenters. The van der Waals surface area contributed by atoms with Gasteiger partial charge in [0, 0.05) is 0 Å². The molecule has 3 heteroatoms. The predicted molar refractivity (Wildman–Crippen MR) is 60.7 cm³/mol. The number of carbonyl (C=O) groups excluding carboxylic acids is 1. The molecule has 0 amide bonds. The lowest BCUT2D eigenvalue weighted by Gasteiger charge is -2.20. The van der Waals surface area contributed by atoms with Crippen LogP contribution in [-0.4, -0.2) is 37.6 Å². The molecule has 0 heterocycles. The minimum atomic E-state index is -0.140. The first kappa shape index (κ1) is 12.2. The Balaban J connectivity index is 2.37.